The summed E-state index contributed by atoms with van der Waals surface area (Å²) in [5.41, 5.74) is 0. The van der Waals surface area contributed by atoms with E-state index in [-0.39, 0.29) is 17.4 Å². The third kappa shape index (κ3) is 2.41. The topological polar surface area (TPSA) is 63.7 Å². The maximum absolute atomic E-state index is 11.4. The van der Waals surface area contributed by atoms with Gasteiger partial charge in [-0.05, 0) is 6.42 Å². The zero-order valence-electron chi connectivity index (χ0n) is 7.69. The summed E-state index contributed by atoms with van der Waals surface area (Å²) in [5, 5.41) is 1.07. The Kier molecular flexibility index (Phi) is 2.92. The minimum absolute atomic E-state index is 0.0421. The molecule has 0 N–H and O–H groups in total. The summed E-state index contributed by atoms with van der Waals surface area (Å²) in [7, 11) is -0.130. The van der Waals surface area contributed by atoms with Gasteiger partial charge in [0.15, 0.2) is 9.84 Å². The highest BCUT2D eigenvalue weighted by Crippen LogP contribution is 2.20. The quantitative estimate of drug-likeness (QED) is 0.569. The molecule has 0 radical (unpaired) electrons. The number of rotatable bonds is 2. The molecule has 1 saturated heterocycles. The minimum atomic E-state index is -2.99. The van der Waals surface area contributed by atoms with Gasteiger partial charge in [-0.1, -0.05) is 0 Å². The number of sulfone groups is 1. The molecule has 0 aromatic rings. The van der Waals surface area contributed by atoms with Crippen LogP contribution in [-0.4, -0.2) is 45.1 Å². The van der Waals surface area contributed by atoms with Gasteiger partial charge in [0.05, 0.1) is 24.5 Å². The number of nitrogens with zero attached hydrogens (tertiary/aromatic N) is 1. The van der Waals surface area contributed by atoms with Gasteiger partial charge in [0, 0.05) is 7.05 Å². The number of hydroxylamine groups is 2. The molecule has 13 heavy (non-hydrogen) atoms. The lowest BCUT2D eigenvalue weighted by molar-refractivity contribution is -0.172. The third-order valence-electron chi connectivity index (χ3n) is 2.17. The summed E-state index contributed by atoms with van der Waals surface area (Å²) in [4.78, 5) is 16.1. The molecule has 0 spiro atoms. The fraction of sp³-hybridized carbons (Fsp3) is 0.857. The second kappa shape index (κ2) is 3.63. The van der Waals surface area contributed by atoms with Gasteiger partial charge in [-0.3, -0.25) is 9.63 Å². The predicted molar refractivity (Wildman–Crippen MR) is 46.5 cm³/mol. The zero-order chi connectivity index (χ0) is 10.1. The minimum Gasteiger partial charge on any atom is -0.275 e. The fourth-order valence-electron chi connectivity index (χ4n) is 1.34. The van der Waals surface area contributed by atoms with E-state index in [9.17, 15) is 13.2 Å². The molecular weight excluding hydrogens is 194 g/mol. The van der Waals surface area contributed by atoms with Crippen LogP contribution in [0.15, 0.2) is 0 Å². The molecule has 76 valence electrons. The molecule has 1 rings (SSSR count). The van der Waals surface area contributed by atoms with Crippen LogP contribution in [0.5, 0.6) is 0 Å². The van der Waals surface area contributed by atoms with Crippen molar-refractivity contribution in [2.75, 3.05) is 25.7 Å². The molecule has 1 unspecified atom stereocenters. The van der Waals surface area contributed by atoms with Crippen molar-refractivity contribution in [1.29, 1.82) is 0 Å². The van der Waals surface area contributed by atoms with Gasteiger partial charge in [0.25, 0.3) is 0 Å². The van der Waals surface area contributed by atoms with Crippen LogP contribution in [0.25, 0.3) is 0 Å². The van der Waals surface area contributed by atoms with Crippen molar-refractivity contribution < 1.29 is 18.0 Å². The van der Waals surface area contributed by atoms with Crippen LogP contribution in [-0.2, 0) is 19.5 Å². The molecule has 6 heteroatoms. The van der Waals surface area contributed by atoms with E-state index in [1.54, 1.807) is 0 Å². The molecule has 1 heterocycles. The zero-order valence-corrected chi connectivity index (χ0v) is 8.50. The standard InChI is InChI=1S/C7H13NO4S/c1-8(12-2)7(9)6-3-4-13(10,11)5-6/h6H,3-5H2,1-2H3. The highest BCUT2D eigenvalue weighted by atomic mass is 32.2. The van der Waals surface area contributed by atoms with E-state index in [2.05, 4.69) is 4.84 Å². The van der Waals surface area contributed by atoms with Crippen LogP contribution in [0.4, 0.5) is 0 Å². The van der Waals surface area contributed by atoms with Crippen molar-refractivity contribution in [3.63, 3.8) is 0 Å². The highest BCUT2D eigenvalue weighted by molar-refractivity contribution is 7.91. The van der Waals surface area contributed by atoms with Crippen LogP contribution in [0.2, 0.25) is 0 Å². The predicted octanol–water partition coefficient (Wildman–Crippen LogP) is -0.559. The van der Waals surface area contributed by atoms with Crippen LogP contribution in [0, 0.1) is 5.92 Å². The Morgan fingerprint density at radius 2 is 2.15 bits per heavy atom. The van der Waals surface area contributed by atoms with Gasteiger partial charge < -0.3 is 0 Å². The molecule has 0 aromatic carbocycles. The molecule has 0 bridgehead atoms. The molecule has 1 amide bonds. The van der Waals surface area contributed by atoms with E-state index in [1.165, 1.54) is 14.2 Å². The van der Waals surface area contributed by atoms with Crippen LogP contribution in [0.1, 0.15) is 6.42 Å². The lowest BCUT2D eigenvalue weighted by Crippen LogP contribution is -2.32. The first-order valence-electron chi connectivity index (χ1n) is 3.98. The van der Waals surface area contributed by atoms with Crippen molar-refractivity contribution in [3.05, 3.63) is 0 Å². The van der Waals surface area contributed by atoms with Crippen molar-refractivity contribution in [1.82, 2.24) is 5.06 Å². The molecule has 1 aliphatic heterocycles. The lowest BCUT2D eigenvalue weighted by Gasteiger charge is -2.16. The summed E-state index contributed by atoms with van der Waals surface area (Å²) in [6, 6.07) is 0. The second-order valence-corrected chi connectivity index (χ2v) is 5.35. The van der Waals surface area contributed by atoms with Crippen molar-refractivity contribution in [2.24, 2.45) is 5.92 Å². The maximum Gasteiger partial charge on any atom is 0.250 e. The second-order valence-electron chi connectivity index (χ2n) is 3.12. The van der Waals surface area contributed by atoms with Crippen LogP contribution in [0.3, 0.4) is 0 Å². The summed E-state index contributed by atoms with van der Waals surface area (Å²) in [5.74, 6) is -0.612. The molecule has 1 aliphatic rings. The van der Waals surface area contributed by atoms with Gasteiger partial charge in [0.2, 0.25) is 5.91 Å². The third-order valence-corrected chi connectivity index (χ3v) is 3.93. The SMILES string of the molecule is CON(C)C(=O)C1CCS(=O)(=O)C1. The Morgan fingerprint density at radius 3 is 2.54 bits per heavy atom. The maximum atomic E-state index is 11.4. The summed E-state index contributed by atoms with van der Waals surface area (Å²) in [6.45, 7) is 0. The Labute approximate surface area is 77.5 Å². The van der Waals surface area contributed by atoms with Crippen molar-refractivity contribution in [2.45, 2.75) is 6.42 Å². The van der Waals surface area contributed by atoms with Crippen LogP contribution < -0.4 is 0 Å². The Bertz CT molecular complexity index is 298. The van der Waals surface area contributed by atoms with E-state index in [1.807, 2.05) is 0 Å². The van der Waals surface area contributed by atoms with Crippen molar-refractivity contribution >= 4 is 15.7 Å². The Morgan fingerprint density at radius 1 is 1.54 bits per heavy atom. The fourth-order valence-corrected chi connectivity index (χ4v) is 3.07. The van der Waals surface area contributed by atoms with Crippen LogP contribution >= 0.6 is 0 Å². The first-order valence-corrected chi connectivity index (χ1v) is 5.80. The molecule has 0 aliphatic carbocycles. The first kappa shape index (κ1) is 10.5. The van der Waals surface area contributed by atoms with Gasteiger partial charge in [-0.2, -0.15) is 0 Å². The smallest absolute Gasteiger partial charge is 0.250 e. The highest BCUT2D eigenvalue weighted by Gasteiger charge is 2.34. The van der Waals surface area contributed by atoms with Gasteiger partial charge in [-0.15, -0.1) is 0 Å². The summed E-state index contributed by atoms with van der Waals surface area (Å²) in [6.07, 6.45) is 0.412. The average Bonchev–Trinajstić information content (AvgIpc) is 2.43. The number of carbonyl (C=O) groups excluding carboxylic acids is 1. The number of hydrogen-bond acceptors (Lipinski definition) is 4. The first-order chi connectivity index (χ1) is 5.96. The van der Waals surface area contributed by atoms with E-state index in [4.69, 9.17) is 0 Å². The Balaban J connectivity index is 2.62. The van der Waals surface area contributed by atoms with Gasteiger partial charge >= 0.3 is 0 Å². The lowest BCUT2D eigenvalue weighted by atomic mass is 10.1. The van der Waals surface area contributed by atoms with E-state index in [0.29, 0.717) is 6.42 Å². The van der Waals surface area contributed by atoms with Gasteiger partial charge in [-0.25, -0.2) is 13.5 Å². The van der Waals surface area contributed by atoms with Gasteiger partial charge in [0.1, 0.15) is 0 Å². The summed E-state index contributed by atoms with van der Waals surface area (Å²) < 4.78 is 22.1. The monoisotopic (exact) mass is 207 g/mol. The van der Waals surface area contributed by atoms with E-state index < -0.39 is 15.8 Å². The molecule has 1 atom stereocenters. The molecule has 1 fully saturated rings. The Hall–Kier alpha value is -0.620. The summed E-state index contributed by atoms with van der Waals surface area (Å²) >= 11 is 0. The normalized spacial score (nSPS) is 25.8. The van der Waals surface area contributed by atoms with Crippen molar-refractivity contribution in [3.8, 4) is 0 Å². The number of carbonyl (C=O) groups is 1. The molecule has 0 saturated carbocycles. The average molecular weight is 207 g/mol. The molecule has 5 nitrogen and oxygen atoms in total. The largest absolute Gasteiger partial charge is 0.275 e. The number of hydrogen-bond donors (Lipinski definition) is 0. The van der Waals surface area contributed by atoms with E-state index in [0.717, 1.165) is 5.06 Å². The molecular formula is C7H13NO4S. The number of amides is 1. The molecule has 0 aromatic heterocycles. The van der Waals surface area contributed by atoms with E-state index >= 15 is 0 Å².